The van der Waals surface area contributed by atoms with Gasteiger partial charge in [-0.05, 0) is 29.8 Å². The number of nitrogens with one attached hydrogen (secondary N) is 1. The number of hydrogen-bond donors (Lipinski definition) is 2. The summed E-state index contributed by atoms with van der Waals surface area (Å²) in [5.74, 6) is -2.48. The van der Waals surface area contributed by atoms with E-state index in [2.05, 4.69) is 20.4 Å². The first-order valence-corrected chi connectivity index (χ1v) is 8.76. The van der Waals surface area contributed by atoms with Crippen molar-refractivity contribution in [1.82, 2.24) is 19.7 Å². The number of fused-ring (bicyclic) bond motifs is 1. The maximum absolute atomic E-state index is 13.4. The zero-order valence-corrected chi connectivity index (χ0v) is 15.3. The maximum atomic E-state index is 13.4. The number of carboxylic acids is 1. The van der Waals surface area contributed by atoms with E-state index in [4.69, 9.17) is 5.11 Å². The smallest absolute Gasteiger partial charge is 0.451 e. The van der Waals surface area contributed by atoms with Crippen molar-refractivity contribution in [1.29, 1.82) is 0 Å². The van der Waals surface area contributed by atoms with Gasteiger partial charge in [-0.3, -0.25) is 0 Å². The Morgan fingerprint density at radius 2 is 1.73 bits per heavy atom. The van der Waals surface area contributed by atoms with Gasteiger partial charge >= 0.3 is 12.1 Å². The fourth-order valence-corrected chi connectivity index (χ4v) is 2.88. The lowest BCUT2D eigenvalue weighted by molar-refractivity contribution is -0.144. The molecule has 0 saturated heterocycles. The molecular formula is C20H14F3N5O2. The Hall–Kier alpha value is -3.95. The molecule has 0 aliphatic heterocycles. The van der Waals surface area contributed by atoms with Crippen LogP contribution in [0.5, 0.6) is 0 Å². The average molecular weight is 413 g/mol. The molecule has 10 heteroatoms. The predicted molar refractivity (Wildman–Crippen MR) is 103 cm³/mol. The van der Waals surface area contributed by atoms with E-state index in [0.29, 0.717) is 11.1 Å². The van der Waals surface area contributed by atoms with E-state index in [0.717, 1.165) is 5.56 Å². The first-order valence-electron chi connectivity index (χ1n) is 8.76. The summed E-state index contributed by atoms with van der Waals surface area (Å²) in [6, 6.07) is 14.7. The van der Waals surface area contributed by atoms with E-state index in [9.17, 15) is 18.0 Å². The van der Waals surface area contributed by atoms with Crippen LogP contribution < -0.4 is 5.32 Å². The lowest BCUT2D eigenvalue weighted by Gasteiger charge is -2.11. The van der Waals surface area contributed by atoms with Crippen LogP contribution in [-0.4, -0.2) is 30.8 Å². The number of carboxylic acid groups (broad SMARTS) is 1. The summed E-state index contributed by atoms with van der Waals surface area (Å²) in [4.78, 5) is 18.3. The number of benzene rings is 2. The Morgan fingerprint density at radius 3 is 2.37 bits per heavy atom. The minimum atomic E-state index is -4.75. The van der Waals surface area contributed by atoms with Crippen LogP contribution in [0.3, 0.4) is 0 Å². The van der Waals surface area contributed by atoms with Crippen molar-refractivity contribution in [3.63, 3.8) is 0 Å². The summed E-state index contributed by atoms with van der Waals surface area (Å²) >= 11 is 0. The van der Waals surface area contributed by atoms with Crippen molar-refractivity contribution in [2.45, 2.75) is 12.7 Å². The van der Waals surface area contributed by atoms with Gasteiger partial charge in [0.1, 0.15) is 5.82 Å². The molecule has 7 nitrogen and oxygen atoms in total. The number of alkyl halides is 3. The number of rotatable bonds is 5. The van der Waals surface area contributed by atoms with Crippen LogP contribution in [0.4, 0.5) is 24.7 Å². The van der Waals surface area contributed by atoms with Gasteiger partial charge in [-0.2, -0.15) is 18.3 Å². The Morgan fingerprint density at radius 1 is 1.03 bits per heavy atom. The first-order chi connectivity index (χ1) is 14.3. The van der Waals surface area contributed by atoms with Crippen molar-refractivity contribution >= 4 is 28.5 Å². The topological polar surface area (TPSA) is 92.9 Å². The molecule has 152 valence electrons. The van der Waals surface area contributed by atoms with Crippen molar-refractivity contribution in [2.24, 2.45) is 0 Å². The second kappa shape index (κ2) is 7.47. The van der Waals surface area contributed by atoms with Gasteiger partial charge in [0.2, 0.25) is 5.82 Å². The third-order valence-electron chi connectivity index (χ3n) is 4.32. The predicted octanol–water partition coefficient (Wildman–Crippen LogP) is 4.34. The summed E-state index contributed by atoms with van der Waals surface area (Å²) in [6.07, 6.45) is -3.36. The lowest BCUT2D eigenvalue weighted by Crippen LogP contribution is -2.14. The van der Waals surface area contributed by atoms with Crippen molar-refractivity contribution < 1.29 is 23.1 Å². The second-order valence-electron chi connectivity index (χ2n) is 6.43. The van der Waals surface area contributed by atoms with Crippen molar-refractivity contribution in [2.75, 3.05) is 5.32 Å². The van der Waals surface area contributed by atoms with Gasteiger partial charge < -0.3 is 10.4 Å². The van der Waals surface area contributed by atoms with E-state index < -0.39 is 18.0 Å². The van der Waals surface area contributed by atoms with Crippen molar-refractivity contribution in [3.8, 4) is 0 Å². The molecule has 0 amide bonds. The van der Waals surface area contributed by atoms with Gasteiger partial charge in [-0.1, -0.05) is 30.3 Å². The highest BCUT2D eigenvalue weighted by Gasteiger charge is 2.36. The van der Waals surface area contributed by atoms with E-state index >= 15 is 0 Å². The molecule has 0 saturated carbocycles. The molecule has 0 radical (unpaired) electrons. The summed E-state index contributed by atoms with van der Waals surface area (Å²) in [5.41, 5.74) is 1.32. The molecule has 0 aliphatic carbocycles. The summed E-state index contributed by atoms with van der Waals surface area (Å²) in [5, 5.41) is 16.3. The molecule has 0 atom stereocenters. The van der Waals surface area contributed by atoms with Gasteiger partial charge in [0.05, 0.1) is 23.7 Å². The largest absolute Gasteiger partial charge is 0.478 e. The summed E-state index contributed by atoms with van der Waals surface area (Å²) in [7, 11) is 0. The Labute approximate surface area is 167 Å². The maximum Gasteiger partial charge on any atom is 0.451 e. The molecule has 30 heavy (non-hydrogen) atoms. The fraction of sp³-hybridized carbons (Fsp3) is 0.100. The number of carbonyl (C=O) groups is 1. The Bertz CT molecular complexity index is 1210. The van der Waals surface area contributed by atoms with Crippen LogP contribution in [0, 0.1) is 0 Å². The minimum Gasteiger partial charge on any atom is -0.478 e. The molecule has 0 fully saturated rings. The van der Waals surface area contributed by atoms with Crippen molar-refractivity contribution in [3.05, 3.63) is 77.7 Å². The first kappa shape index (κ1) is 19.4. The standard InChI is InChI=1S/C20H14F3N5O2/c21-20(22,23)19-26-16(25-14-8-6-13(7-9-14)18(29)30)15-10-24-28(17(15)27-19)11-12-4-2-1-3-5-12/h1-10H,11H2,(H,29,30)(H,25,26,27). The summed E-state index contributed by atoms with van der Waals surface area (Å²) < 4.78 is 41.6. The molecule has 4 aromatic rings. The number of halogens is 3. The SMILES string of the molecule is O=C(O)c1ccc(Nc2nc(C(F)(F)F)nc3c2cnn3Cc2ccccc2)cc1. The third kappa shape index (κ3) is 3.93. The molecule has 0 unspecified atom stereocenters. The number of nitrogens with zero attached hydrogens (tertiary/aromatic N) is 4. The van der Waals surface area contributed by atoms with Crippen LogP contribution in [0.25, 0.3) is 11.0 Å². The van der Waals surface area contributed by atoms with Crippen LogP contribution in [0.15, 0.2) is 60.8 Å². The zero-order chi connectivity index (χ0) is 21.3. The van der Waals surface area contributed by atoms with Crippen LogP contribution in [0.2, 0.25) is 0 Å². The number of aromatic carboxylic acids is 1. The molecule has 0 spiro atoms. The van der Waals surface area contributed by atoms with E-state index in [1.807, 2.05) is 30.3 Å². The quantitative estimate of drug-likeness (QED) is 0.506. The normalized spacial score (nSPS) is 11.6. The Kier molecular flexibility index (Phi) is 4.82. The Balaban J connectivity index is 1.77. The molecule has 4 rings (SSSR count). The number of anilines is 2. The zero-order valence-electron chi connectivity index (χ0n) is 15.3. The molecule has 2 heterocycles. The molecule has 2 N–H and O–H groups in total. The highest BCUT2D eigenvalue weighted by Crippen LogP contribution is 2.31. The van der Waals surface area contributed by atoms with E-state index in [1.165, 1.54) is 35.1 Å². The van der Waals surface area contributed by atoms with Gasteiger partial charge in [0.25, 0.3) is 0 Å². The number of aromatic nitrogens is 4. The molecular weight excluding hydrogens is 399 g/mol. The molecule has 2 aromatic heterocycles. The van der Waals surface area contributed by atoms with E-state index in [1.54, 1.807) is 0 Å². The summed E-state index contributed by atoms with van der Waals surface area (Å²) in [6.45, 7) is 0.241. The second-order valence-corrected chi connectivity index (χ2v) is 6.43. The fourth-order valence-electron chi connectivity index (χ4n) is 2.88. The van der Waals surface area contributed by atoms with Gasteiger partial charge in [-0.15, -0.1) is 0 Å². The van der Waals surface area contributed by atoms with Crippen LogP contribution in [0.1, 0.15) is 21.7 Å². The van der Waals surface area contributed by atoms with Gasteiger partial charge in [-0.25, -0.2) is 19.4 Å². The van der Waals surface area contributed by atoms with E-state index in [-0.39, 0.29) is 23.6 Å². The molecule has 0 aliphatic rings. The highest BCUT2D eigenvalue weighted by atomic mass is 19.4. The number of hydrogen-bond acceptors (Lipinski definition) is 5. The minimum absolute atomic E-state index is 0.0332. The third-order valence-corrected chi connectivity index (χ3v) is 4.32. The monoisotopic (exact) mass is 413 g/mol. The highest BCUT2D eigenvalue weighted by molar-refractivity contribution is 5.90. The molecule has 2 aromatic carbocycles. The van der Waals surface area contributed by atoms with Gasteiger partial charge in [0.15, 0.2) is 5.65 Å². The van der Waals surface area contributed by atoms with Gasteiger partial charge in [0, 0.05) is 5.69 Å². The molecule has 0 bridgehead atoms. The lowest BCUT2D eigenvalue weighted by atomic mass is 10.2. The average Bonchev–Trinajstić information content (AvgIpc) is 3.11. The van der Waals surface area contributed by atoms with Crippen LogP contribution in [-0.2, 0) is 12.7 Å². The van der Waals surface area contributed by atoms with Crippen LogP contribution >= 0.6 is 0 Å².